The Hall–Kier alpha value is -2.40. The number of Topliss-reactive ketones (excluding diaryl/α,β-unsaturated/α-hetero) is 1. The van der Waals surface area contributed by atoms with Crippen LogP contribution in [0, 0.1) is 0 Å². The number of anilines is 1. The zero-order chi connectivity index (χ0) is 15.0. The number of carbonyl (C=O) groups is 2. The van der Waals surface area contributed by atoms with Crippen LogP contribution >= 0.6 is 11.6 Å². The van der Waals surface area contributed by atoms with Gasteiger partial charge in [-0.05, 0) is 35.9 Å². The Bertz CT molecular complexity index is 745. The summed E-state index contributed by atoms with van der Waals surface area (Å²) in [7, 11) is 1.51. The Morgan fingerprint density at radius 2 is 2.05 bits per heavy atom. The van der Waals surface area contributed by atoms with E-state index in [-0.39, 0.29) is 6.54 Å². The third-order valence-corrected chi connectivity index (χ3v) is 3.52. The number of amides is 1. The highest BCUT2D eigenvalue weighted by Crippen LogP contribution is 2.33. The molecule has 0 atom stereocenters. The molecule has 0 fully saturated rings. The molecule has 0 unspecified atom stereocenters. The van der Waals surface area contributed by atoms with E-state index >= 15 is 0 Å². The highest BCUT2D eigenvalue weighted by atomic mass is 35.5. The Labute approximate surface area is 126 Å². The SMILES string of the molecule is COc1ccc2c(c1)C(=O)C(=O)N2Cc1ccnc(Cl)c1. The molecule has 0 saturated heterocycles. The highest BCUT2D eigenvalue weighted by molar-refractivity contribution is 6.52. The van der Waals surface area contributed by atoms with Crippen molar-refractivity contribution in [1.29, 1.82) is 0 Å². The van der Waals surface area contributed by atoms with E-state index in [2.05, 4.69) is 4.98 Å². The number of ketones is 1. The van der Waals surface area contributed by atoms with Crippen LogP contribution in [0.2, 0.25) is 5.15 Å². The van der Waals surface area contributed by atoms with Crippen LogP contribution in [0.1, 0.15) is 15.9 Å². The molecular weight excluding hydrogens is 292 g/mol. The van der Waals surface area contributed by atoms with Gasteiger partial charge in [0.1, 0.15) is 10.9 Å². The molecule has 2 heterocycles. The summed E-state index contributed by atoms with van der Waals surface area (Å²) >= 11 is 5.84. The second kappa shape index (κ2) is 5.18. The van der Waals surface area contributed by atoms with Gasteiger partial charge in [-0.3, -0.25) is 9.59 Å². The van der Waals surface area contributed by atoms with Gasteiger partial charge in [0.25, 0.3) is 11.7 Å². The number of pyridine rings is 1. The molecule has 2 aromatic rings. The van der Waals surface area contributed by atoms with Gasteiger partial charge in [-0.25, -0.2) is 4.98 Å². The molecule has 1 aromatic heterocycles. The molecule has 0 aliphatic carbocycles. The van der Waals surface area contributed by atoms with Crippen LogP contribution in [0.3, 0.4) is 0 Å². The van der Waals surface area contributed by atoms with Crippen molar-refractivity contribution in [3.63, 3.8) is 0 Å². The van der Waals surface area contributed by atoms with Crippen LogP contribution in [-0.2, 0) is 11.3 Å². The van der Waals surface area contributed by atoms with E-state index in [0.29, 0.717) is 22.2 Å². The number of benzene rings is 1. The third kappa shape index (κ3) is 2.36. The normalized spacial score (nSPS) is 13.5. The van der Waals surface area contributed by atoms with Crippen LogP contribution in [0.15, 0.2) is 36.5 Å². The Kier molecular flexibility index (Phi) is 3.35. The van der Waals surface area contributed by atoms with Crippen LogP contribution in [0.4, 0.5) is 5.69 Å². The zero-order valence-corrected chi connectivity index (χ0v) is 11.9. The lowest BCUT2D eigenvalue weighted by molar-refractivity contribution is -0.114. The third-order valence-electron chi connectivity index (χ3n) is 3.31. The van der Waals surface area contributed by atoms with Gasteiger partial charge in [-0.15, -0.1) is 0 Å². The van der Waals surface area contributed by atoms with Crippen molar-refractivity contribution in [2.45, 2.75) is 6.54 Å². The Morgan fingerprint density at radius 1 is 1.24 bits per heavy atom. The highest BCUT2D eigenvalue weighted by Gasteiger charge is 2.36. The second-order valence-electron chi connectivity index (χ2n) is 4.59. The maximum absolute atomic E-state index is 12.1. The molecule has 5 nitrogen and oxygen atoms in total. The lowest BCUT2D eigenvalue weighted by Gasteiger charge is -2.16. The molecule has 0 saturated carbocycles. The van der Waals surface area contributed by atoms with Crippen molar-refractivity contribution >= 4 is 29.0 Å². The largest absolute Gasteiger partial charge is 0.497 e. The van der Waals surface area contributed by atoms with E-state index in [0.717, 1.165) is 5.56 Å². The number of rotatable bonds is 3. The lowest BCUT2D eigenvalue weighted by atomic mass is 10.1. The van der Waals surface area contributed by atoms with Crippen molar-refractivity contribution in [2.24, 2.45) is 0 Å². The van der Waals surface area contributed by atoms with Crippen molar-refractivity contribution in [3.8, 4) is 5.75 Å². The fourth-order valence-electron chi connectivity index (χ4n) is 2.29. The van der Waals surface area contributed by atoms with Gasteiger partial charge in [0, 0.05) is 6.20 Å². The molecule has 1 aromatic carbocycles. The number of aromatic nitrogens is 1. The van der Waals surface area contributed by atoms with Gasteiger partial charge in [0.15, 0.2) is 0 Å². The average molecular weight is 303 g/mol. The minimum Gasteiger partial charge on any atom is -0.497 e. The van der Waals surface area contributed by atoms with E-state index in [1.165, 1.54) is 12.0 Å². The monoisotopic (exact) mass is 302 g/mol. The number of hydrogen-bond donors (Lipinski definition) is 0. The smallest absolute Gasteiger partial charge is 0.299 e. The van der Waals surface area contributed by atoms with Crippen LogP contribution in [-0.4, -0.2) is 23.8 Å². The molecule has 106 valence electrons. The molecule has 21 heavy (non-hydrogen) atoms. The quantitative estimate of drug-likeness (QED) is 0.645. The van der Waals surface area contributed by atoms with Gasteiger partial charge in [-0.2, -0.15) is 0 Å². The number of methoxy groups -OCH3 is 1. The summed E-state index contributed by atoms with van der Waals surface area (Å²) in [6.45, 7) is 0.270. The average Bonchev–Trinajstić information content (AvgIpc) is 2.72. The molecule has 1 aliphatic heterocycles. The fraction of sp³-hybridized carbons (Fsp3) is 0.133. The summed E-state index contributed by atoms with van der Waals surface area (Å²) in [5.74, 6) is -0.529. The van der Waals surface area contributed by atoms with Crippen molar-refractivity contribution < 1.29 is 14.3 Å². The minimum absolute atomic E-state index is 0.270. The molecule has 0 bridgehead atoms. The van der Waals surface area contributed by atoms with E-state index < -0.39 is 11.7 Å². The lowest BCUT2D eigenvalue weighted by Crippen LogP contribution is -2.29. The number of carbonyl (C=O) groups excluding carboxylic acids is 2. The van der Waals surface area contributed by atoms with Gasteiger partial charge in [0.2, 0.25) is 0 Å². The summed E-state index contributed by atoms with van der Waals surface area (Å²) in [5.41, 5.74) is 1.75. The zero-order valence-electron chi connectivity index (χ0n) is 11.2. The van der Waals surface area contributed by atoms with Crippen molar-refractivity contribution in [1.82, 2.24) is 4.98 Å². The molecule has 0 N–H and O–H groups in total. The number of nitrogens with zero attached hydrogens (tertiary/aromatic N) is 2. The summed E-state index contributed by atoms with van der Waals surface area (Å²) in [5, 5.41) is 0.348. The summed E-state index contributed by atoms with van der Waals surface area (Å²) in [6, 6.07) is 8.43. The Morgan fingerprint density at radius 3 is 2.76 bits per heavy atom. The van der Waals surface area contributed by atoms with Crippen molar-refractivity contribution in [2.75, 3.05) is 12.0 Å². The molecule has 1 aliphatic rings. The first-order valence-electron chi connectivity index (χ1n) is 6.25. The van der Waals surface area contributed by atoms with Gasteiger partial charge < -0.3 is 9.64 Å². The number of ether oxygens (including phenoxy) is 1. The molecular formula is C15H11ClN2O3. The maximum atomic E-state index is 12.1. The van der Waals surface area contributed by atoms with Gasteiger partial charge in [0.05, 0.1) is 24.9 Å². The fourth-order valence-corrected chi connectivity index (χ4v) is 2.48. The second-order valence-corrected chi connectivity index (χ2v) is 4.98. The molecule has 1 amide bonds. The predicted octanol–water partition coefficient (Wildman–Crippen LogP) is 2.47. The van der Waals surface area contributed by atoms with E-state index in [1.54, 1.807) is 36.5 Å². The maximum Gasteiger partial charge on any atom is 0.299 e. The standard InChI is InChI=1S/C15H11ClN2O3/c1-21-10-2-3-12-11(7-10)14(19)15(20)18(12)8-9-4-5-17-13(16)6-9/h2-7H,8H2,1H3. The van der Waals surface area contributed by atoms with Crippen LogP contribution in [0.25, 0.3) is 0 Å². The number of fused-ring (bicyclic) bond motifs is 1. The topological polar surface area (TPSA) is 59.5 Å². The minimum atomic E-state index is -0.550. The molecule has 0 radical (unpaired) electrons. The predicted molar refractivity (Wildman–Crippen MR) is 77.8 cm³/mol. The first kappa shape index (κ1) is 13.6. The number of hydrogen-bond acceptors (Lipinski definition) is 4. The van der Waals surface area contributed by atoms with Gasteiger partial charge >= 0.3 is 0 Å². The van der Waals surface area contributed by atoms with E-state index in [4.69, 9.17) is 16.3 Å². The van der Waals surface area contributed by atoms with E-state index in [1.807, 2.05) is 0 Å². The molecule has 6 heteroatoms. The van der Waals surface area contributed by atoms with Gasteiger partial charge in [-0.1, -0.05) is 11.6 Å². The Balaban J connectivity index is 1.98. The van der Waals surface area contributed by atoms with Crippen LogP contribution < -0.4 is 9.64 Å². The number of halogens is 1. The summed E-state index contributed by atoms with van der Waals surface area (Å²) in [6.07, 6.45) is 1.56. The van der Waals surface area contributed by atoms with Crippen LogP contribution in [0.5, 0.6) is 5.75 Å². The van der Waals surface area contributed by atoms with Crippen molar-refractivity contribution in [3.05, 3.63) is 52.8 Å². The first-order chi connectivity index (χ1) is 10.1. The molecule has 3 rings (SSSR count). The summed E-state index contributed by atoms with van der Waals surface area (Å²) < 4.78 is 5.08. The first-order valence-corrected chi connectivity index (χ1v) is 6.62. The summed E-state index contributed by atoms with van der Waals surface area (Å²) in [4.78, 5) is 29.5. The molecule has 0 spiro atoms. The van der Waals surface area contributed by atoms with E-state index in [9.17, 15) is 9.59 Å².